The van der Waals surface area contributed by atoms with Crippen molar-refractivity contribution in [3.8, 4) is 33.8 Å². The second-order valence-electron chi connectivity index (χ2n) is 11.3. The maximum Gasteiger partial charge on any atom is 0.343 e. The zero-order valence-electron chi connectivity index (χ0n) is 26.9. The minimum atomic E-state index is -0.343. The van der Waals surface area contributed by atoms with Crippen LogP contribution in [0.1, 0.15) is 43.0 Å². The molecule has 236 valence electrons. The molecule has 0 fully saturated rings. The number of hydrogen-bond acceptors (Lipinski definition) is 4. The SMILES string of the molecule is Cc1ccc(C(=O)Oc2ccc(-c3ccc(C)cc3)cc2)cc1.Cc1ccc(OC(=O)c2ccc(-c3ccc(C)cc3)cc2)cc1.I. The minimum Gasteiger partial charge on any atom is -0.423 e. The van der Waals surface area contributed by atoms with E-state index in [9.17, 15) is 9.59 Å². The second kappa shape index (κ2) is 16.5. The lowest BCUT2D eigenvalue weighted by Crippen LogP contribution is -2.08. The van der Waals surface area contributed by atoms with Crippen LogP contribution in [0.15, 0.2) is 146 Å². The monoisotopic (exact) mass is 732 g/mol. The third-order valence-electron chi connectivity index (χ3n) is 7.47. The van der Waals surface area contributed by atoms with E-state index in [0.717, 1.165) is 33.4 Å². The summed E-state index contributed by atoms with van der Waals surface area (Å²) in [6.07, 6.45) is 0. The van der Waals surface area contributed by atoms with Crippen LogP contribution < -0.4 is 9.47 Å². The molecule has 6 aromatic rings. The predicted molar refractivity (Wildman–Crippen MR) is 201 cm³/mol. The highest BCUT2D eigenvalue weighted by molar-refractivity contribution is 14.0. The summed E-state index contributed by atoms with van der Waals surface area (Å²) < 4.78 is 10.8. The lowest BCUT2D eigenvalue weighted by Gasteiger charge is -2.07. The molecule has 4 nitrogen and oxygen atoms in total. The van der Waals surface area contributed by atoms with Crippen LogP contribution in [0.3, 0.4) is 0 Å². The van der Waals surface area contributed by atoms with Gasteiger partial charge >= 0.3 is 11.9 Å². The number of rotatable bonds is 6. The Balaban J connectivity index is 0.000000208. The van der Waals surface area contributed by atoms with Gasteiger partial charge in [0.1, 0.15) is 11.5 Å². The van der Waals surface area contributed by atoms with Gasteiger partial charge in [-0.05, 0) is 98.5 Å². The van der Waals surface area contributed by atoms with Gasteiger partial charge < -0.3 is 9.47 Å². The molecule has 5 heteroatoms. The fourth-order valence-corrected chi connectivity index (χ4v) is 4.63. The molecule has 0 amide bonds. The molecule has 0 saturated heterocycles. The van der Waals surface area contributed by atoms with E-state index in [4.69, 9.17) is 9.47 Å². The molecular weight excluding hydrogens is 695 g/mol. The topological polar surface area (TPSA) is 52.6 Å². The average Bonchev–Trinajstić information content (AvgIpc) is 3.07. The van der Waals surface area contributed by atoms with E-state index in [2.05, 4.69) is 62.4 Å². The molecule has 0 atom stereocenters. The van der Waals surface area contributed by atoms with Crippen molar-refractivity contribution >= 4 is 35.9 Å². The Bertz CT molecular complexity index is 1890. The fraction of sp³-hybridized carbons (Fsp3) is 0.0952. The first-order chi connectivity index (χ1) is 22.2. The van der Waals surface area contributed by atoms with Crippen molar-refractivity contribution in [2.75, 3.05) is 0 Å². The van der Waals surface area contributed by atoms with Crippen molar-refractivity contribution in [2.45, 2.75) is 27.7 Å². The van der Waals surface area contributed by atoms with Crippen LogP contribution >= 0.6 is 24.0 Å². The molecule has 47 heavy (non-hydrogen) atoms. The van der Waals surface area contributed by atoms with Crippen LogP contribution in [0.25, 0.3) is 22.3 Å². The highest BCUT2D eigenvalue weighted by Gasteiger charge is 2.10. The Morgan fingerprint density at radius 3 is 0.894 bits per heavy atom. The average molecular weight is 733 g/mol. The van der Waals surface area contributed by atoms with Gasteiger partial charge in [-0.2, -0.15) is 0 Å². The van der Waals surface area contributed by atoms with Crippen LogP contribution in [-0.2, 0) is 0 Å². The zero-order chi connectivity index (χ0) is 32.5. The number of aryl methyl sites for hydroxylation is 4. The van der Waals surface area contributed by atoms with Gasteiger partial charge in [-0.1, -0.05) is 119 Å². The summed E-state index contributed by atoms with van der Waals surface area (Å²) in [6.45, 7) is 8.11. The van der Waals surface area contributed by atoms with E-state index in [1.165, 1.54) is 11.1 Å². The lowest BCUT2D eigenvalue weighted by molar-refractivity contribution is 0.0725. The van der Waals surface area contributed by atoms with Gasteiger partial charge in [-0.3, -0.25) is 0 Å². The molecule has 0 aromatic heterocycles. The molecule has 0 heterocycles. The molecule has 0 unspecified atom stereocenters. The summed E-state index contributed by atoms with van der Waals surface area (Å²) >= 11 is 0. The second-order valence-corrected chi connectivity index (χ2v) is 11.3. The summed E-state index contributed by atoms with van der Waals surface area (Å²) in [6, 6.07) is 46.5. The normalized spacial score (nSPS) is 10.1. The quantitative estimate of drug-likeness (QED) is 0.0972. The smallest absolute Gasteiger partial charge is 0.343 e. The Hall–Kier alpha value is -5.01. The van der Waals surface area contributed by atoms with Gasteiger partial charge in [0.05, 0.1) is 11.1 Å². The largest absolute Gasteiger partial charge is 0.423 e. The minimum absolute atomic E-state index is 0. The van der Waals surface area contributed by atoms with Gasteiger partial charge in [-0.15, -0.1) is 24.0 Å². The van der Waals surface area contributed by atoms with Crippen molar-refractivity contribution in [3.63, 3.8) is 0 Å². The summed E-state index contributed by atoms with van der Waals surface area (Å²) in [5.41, 5.74) is 10.3. The molecule has 6 aromatic carbocycles. The number of carbonyl (C=O) groups is 2. The highest BCUT2D eigenvalue weighted by atomic mass is 127. The molecule has 0 radical (unpaired) electrons. The maximum atomic E-state index is 12.2. The van der Waals surface area contributed by atoms with Crippen molar-refractivity contribution in [1.82, 2.24) is 0 Å². The Labute approximate surface area is 294 Å². The Morgan fingerprint density at radius 2 is 0.553 bits per heavy atom. The maximum absolute atomic E-state index is 12.2. The van der Waals surface area contributed by atoms with E-state index in [0.29, 0.717) is 22.6 Å². The third-order valence-corrected chi connectivity index (χ3v) is 7.47. The van der Waals surface area contributed by atoms with Crippen LogP contribution in [0.2, 0.25) is 0 Å². The molecule has 0 N–H and O–H groups in total. The van der Waals surface area contributed by atoms with Crippen LogP contribution in [0, 0.1) is 27.7 Å². The van der Waals surface area contributed by atoms with Crippen LogP contribution in [0.5, 0.6) is 11.5 Å². The van der Waals surface area contributed by atoms with E-state index < -0.39 is 0 Å². The first-order valence-corrected chi connectivity index (χ1v) is 15.2. The fourth-order valence-electron chi connectivity index (χ4n) is 4.63. The highest BCUT2D eigenvalue weighted by Crippen LogP contribution is 2.24. The number of benzene rings is 6. The van der Waals surface area contributed by atoms with E-state index in [1.54, 1.807) is 36.4 Å². The first kappa shape index (κ1) is 34.9. The summed E-state index contributed by atoms with van der Waals surface area (Å²) in [5, 5.41) is 0. The Kier molecular flexibility index (Phi) is 12.3. The third kappa shape index (κ3) is 9.99. The zero-order valence-corrected chi connectivity index (χ0v) is 29.2. The molecular formula is C42H37IO4. The first-order valence-electron chi connectivity index (χ1n) is 15.2. The molecule has 0 saturated carbocycles. The van der Waals surface area contributed by atoms with Crippen LogP contribution in [0.4, 0.5) is 0 Å². The Morgan fingerprint density at radius 1 is 0.340 bits per heavy atom. The van der Waals surface area contributed by atoms with Crippen LogP contribution in [-0.4, -0.2) is 11.9 Å². The number of hydrogen-bond donors (Lipinski definition) is 0. The standard InChI is InChI=1S/2C21H18O2.HI/c1-15-3-7-17(8-4-15)18-9-11-19(12-10-18)21(22)23-20-13-5-16(2)6-14-20;1-15-3-7-17(8-4-15)18-11-13-20(14-12-18)23-21(22)19-9-5-16(2)6-10-19;/h2*3-14H,1-2H3;1H. The molecule has 6 rings (SSSR count). The number of carbonyl (C=O) groups excluding carboxylic acids is 2. The van der Waals surface area contributed by atoms with Crippen molar-refractivity contribution in [2.24, 2.45) is 0 Å². The van der Waals surface area contributed by atoms with Crippen molar-refractivity contribution in [1.29, 1.82) is 0 Å². The summed E-state index contributed by atoms with van der Waals surface area (Å²) in [5.74, 6) is 0.423. The molecule has 0 aliphatic carbocycles. The van der Waals surface area contributed by atoms with Gasteiger partial charge in [-0.25, -0.2) is 9.59 Å². The molecule has 0 aliphatic rings. The van der Waals surface area contributed by atoms with E-state index >= 15 is 0 Å². The van der Waals surface area contributed by atoms with Crippen molar-refractivity contribution in [3.05, 3.63) is 179 Å². The number of esters is 2. The molecule has 0 bridgehead atoms. The van der Waals surface area contributed by atoms with Gasteiger partial charge in [0.15, 0.2) is 0 Å². The number of halogens is 1. The molecule has 0 aliphatic heterocycles. The van der Waals surface area contributed by atoms with E-state index in [1.807, 2.05) is 74.5 Å². The van der Waals surface area contributed by atoms with Gasteiger partial charge in [0.25, 0.3) is 0 Å². The summed E-state index contributed by atoms with van der Waals surface area (Å²) in [4.78, 5) is 24.3. The van der Waals surface area contributed by atoms with Gasteiger partial charge in [0.2, 0.25) is 0 Å². The van der Waals surface area contributed by atoms with Crippen molar-refractivity contribution < 1.29 is 19.1 Å². The summed E-state index contributed by atoms with van der Waals surface area (Å²) in [7, 11) is 0. The lowest BCUT2D eigenvalue weighted by atomic mass is 10.0. The van der Waals surface area contributed by atoms with Gasteiger partial charge in [0, 0.05) is 0 Å². The predicted octanol–water partition coefficient (Wildman–Crippen LogP) is 11.0. The molecule has 0 spiro atoms. The van der Waals surface area contributed by atoms with E-state index in [-0.39, 0.29) is 35.9 Å². The number of ether oxygens (including phenoxy) is 2.